The van der Waals surface area contributed by atoms with Gasteiger partial charge in [-0.05, 0) is 32.1 Å². The number of unbranched alkanes of at least 4 members (excludes halogenated alkanes) is 1. The lowest BCUT2D eigenvalue weighted by Gasteiger charge is -2.03. The number of nitrogens with one attached hydrogen (secondary N) is 3. The Bertz CT molecular complexity index is 356. The number of hydrogen-bond acceptors (Lipinski definition) is 3. The van der Waals surface area contributed by atoms with Crippen LogP contribution in [-0.4, -0.2) is 36.3 Å². The van der Waals surface area contributed by atoms with Gasteiger partial charge in [0.2, 0.25) is 17.7 Å². The van der Waals surface area contributed by atoms with Crippen molar-refractivity contribution in [1.82, 2.24) is 16.0 Å². The Balaban J connectivity index is 1.37. The fourth-order valence-corrected chi connectivity index (χ4v) is 1.92. The van der Waals surface area contributed by atoms with Crippen LogP contribution in [0.25, 0.3) is 0 Å². The van der Waals surface area contributed by atoms with Gasteiger partial charge in [0.15, 0.2) is 0 Å². The van der Waals surface area contributed by atoms with E-state index >= 15 is 0 Å². The molecule has 3 amide bonds. The predicted octanol–water partition coefficient (Wildman–Crippen LogP) is -0.560. The van der Waals surface area contributed by atoms with Crippen LogP contribution in [0.15, 0.2) is 0 Å². The van der Waals surface area contributed by atoms with Gasteiger partial charge >= 0.3 is 0 Å². The topological polar surface area (TPSA) is 107 Å². The van der Waals surface area contributed by atoms with Gasteiger partial charge in [-0.25, -0.2) is 0 Å². The van der Waals surface area contributed by atoms with E-state index in [0.717, 1.165) is 32.1 Å². The van der Waals surface area contributed by atoms with Crippen LogP contribution in [0.1, 0.15) is 38.5 Å². The molecule has 0 radical (unpaired) electrons. The molecule has 2 rings (SSSR count). The van der Waals surface area contributed by atoms with E-state index in [1.165, 1.54) is 0 Å². The summed E-state index contributed by atoms with van der Waals surface area (Å²) in [6.45, 7) is 0.667. The minimum absolute atomic E-state index is 0.00128. The number of carbonyl (C=O) groups excluding carboxylic acids is 3. The van der Waals surface area contributed by atoms with E-state index in [9.17, 15) is 14.4 Å². The van der Waals surface area contributed by atoms with Crippen LogP contribution >= 0.6 is 0 Å². The number of hydrogen-bond donors (Lipinski definition) is 3. The van der Waals surface area contributed by atoms with Gasteiger partial charge < -0.3 is 16.0 Å². The summed E-state index contributed by atoms with van der Waals surface area (Å²) in [6, 6.07) is 0.0747. The lowest BCUT2D eigenvalue weighted by atomic mass is 10.1. The second-order valence-corrected chi connectivity index (χ2v) is 4.86. The molecular formula is C12H19N3O3. The summed E-state index contributed by atoms with van der Waals surface area (Å²) >= 11 is 0. The second-order valence-electron chi connectivity index (χ2n) is 4.86. The molecule has 0 aromatic carbocycles. The van der Waals surface area contributed by atoms with Crippen molar-refractivity contribution >= 4 is 17.7 Å². The van der Waals surface area contributed by atoms with Crippen molar-refractivity contribution in [3.63, 3.8) is 0 Å². The molecule has 2 aliphatic rings. The minimum Gasteiger partial charge on any atom is -0.356 e. The van der Waals surface area contributed by atoms with Gasteiger partial charge in [0.25, 0.3) is 0 Å². The number of rotatable bonds is 9. The van der Waals surface area contributed by atoms with Crippen LogP contribution in [0.3, 0.4) is 0 Å². The first-order valence-electron chi connectivity index (χ1n) is 6.54. The molecule has 2 heterocycles. The van der Waals surface area contributed by atoms with Crippen LogP contribution in [0.5, 0.6) is 0 Å². The van der Waals surface area contributed by atoms with Gasteiger partial charge in [0.05, 0.1) is 0 Å². The van der Waals surface area contributed by atoms with E-state index < -0.39 is 0 Å². The van der Waals surface area contributed by atoms with Crippen molar-refractivity contribution < 1.29 is 14.4 Å². The molecule has 2 atom stereocenters. The highest BCUT2D eigenvalue weighted by molar-refractivity contribution is 5.96. The third-order valence-electron chi connectivity index (χ3n) is 3.24. The Morgan fingerprint density at radius 1 is 1.00 bits per heavy atom. The lowest BCUT2D eigenvalue weighted by Crippen LogP contribution is -2.24. The molecule has 2 fully saturated rings. The van der Waals surface area contributed by atoms with Crippen molar-refractivity contribution in [2.45, 2.75) is 50.6 Å². The lowest BCUT2D eigenvalue weighted by molar-refractivity contribution is -0.121. The Morgan fingerprint density at radius 2 is 1.56 bits per heavy atom. The van der Waals surface area contributed by atoms with Crippen molar-refractivity contribution in [1.29, 1.82) is 0 Å². The molecule has 18 heavy (non-hydrogen) atoms. The number of carbonyl (C=O) groups is 3. The first-order chi connectivity index (χ1) is 8.66. The third-order valence-corrected chi connectivity index (χ3v) is 3.24. The molecule has 6 nitrogen and oxygen atoms in total. The molecule has 0 bridgehead atoms. The third kappa shape index (κ3) is 4.35. The maximum atomic E-state index is 11.4. The van der Waals surface area contributed by atoms with Crippen LogP contribution in [0.4, 0.5) is 0 Å². The van der Waals surface area contributed by atoms with E-state index in [1.54, 1.807) is 0 Å². The highest BCUT2D eigenvalue weighted by atomic mass is 16.2. The van der Waals surface area contributed by atoms with Gasteiger partial charge in [-0.2, -0.15) is 0 Å². The summed E-state index contributed by atoms with van der Waals surface area (Å²) in [7, 11) is 0. The summed E-state index contributed by atoms with van der Waals surface area (Å²) in [5.74, 6) is 0.282. The average molecular weight is 253 g/mol. The van der Waals surface area contributed by atoms with Gasteiger partial charge in [-0.1, -0.05) is 0 Å². The zero-order chi connectivity index (χ0) is 13.0. The Hall–Kier alpha value is -1.59. The molecule has 6 heteroatoms. The second kappa shape index (κ2) is 5.84. The van der Waals surface area contributed by atoms with Crippen LogP contribution < -0.4 is 16.0 Å². The van der Waals surface area contributed by atoms with Crippen LogP contribution in [0.2, 0.25) is 0 Å². The highest BCUT2D eigenvalue weighted by Gasteiger charge is 2.32. The molecule has 0 aromatic heterocycles. The molecule has 0 aliphatic carbocycles. The van der Waals surface area contributed by atoms with E-state index in [1.807, 2.05) is 0 Å². The maximum Gasteiger partial charge on any atom is 0.243 e. The smallest absolute Gasteiger partial charge is 0.243 e. The van der Waals surface area contributed by atoms with E-state index in [4.69, 9.17) is 0 Å². The molecule has 0 spiro atoms. The largest absolute Gasteiger partial charge is 0.356 e. The van der Waals surface area contributed by atoms with Crippen molar-refractivity contribution in [3.8, 4) is 0 Å². The maximum absolute atomic E-state index is 11.4. The summed E-state index contributed by atoms with van der Waals surface area (Å²) in [5, 5.41) is 8.24. The van der Waals surface area contributed by atoms with Crippen LogP contribution in [-0.2, 0) is 14.4 Å². The highest BCUT2D eigenvalue weighted by Crippen LogP contribution is 2.10. The zero-order valence-corrected chi connectivity index (χ0v) is 10.3. The zero-order valence-electron chi connectivity index (χ0n) is 10.3. The van der Waals surface area contributed by atoms with E-state index in [-0.39, 0.29) is 29.8 Å². The molecule has 0 aromatic rings. The van der Waals surface area contributed by atoms with Crippen LogP contribution in [0, 0.1) is 0 Å². The van der Waals surface area contributed by atoms with Crippen molar-refractivity contribution in [3.05, 3.63) is 0 Å². The molecule has 2 unspecified atom stereocenters. The van der Waals surface area contributed by atoms with Gasteiger partial charge in [-0.15, -0.1) is 0 Å². The van der Waals surface area contributed by atoms with Gasteiger partial charge in [-0.3, -0.25) is 14.4 Å². The minimum atomic E-state index is 0.00128. The Morgan fingerprint density at radius 3 is 2.11 bits per heavy atom. The van der Waals surface area contributed by atoms with Gasteiger partial charge in [0, 0.05) is 13.0 Å². The summed E-state index contributed by atoms with van der Waals surface area (Å²) in [6.07, 6.45) is 4.69. The molecule has 2 saturated heterocycles. The van der Waals surface area contributed by atoms with E-state index in [2.05, 4.69) is 16.0 Å². The standard InChI is InChI=1S/C12H19N3O3/c16-10(6-3-5-9-12(18)15-9)13-7-2-1-4-8-11(17)14-8/h8-9H,1-7H2,(H,13,16)(H,14,17)(H,15,18). The number of amides is 3. The fourth-order valence-electron chi connectivity index (χ4n) is 1.92. The first-order valence-corrected chi connectivity index (χ1v) is 6.54. The summed E-state index contributed by atoms with van der Waals surface area (Å²) < 4.78 is 0. The first kappa shape index (κ1) is 12.9. The molecule has 2 aliphatic heterocycles. The molecule has 100 valence electrons. The average Bonchev–Trinajstić information content (AvgIpc) is 3.20. The quantitative estimate of drug-likeness (QED) is 0.378. The van der Waals surface area contributed by atoms with Crippen molar-refractivity contribution in [2.75, 3.05) is 6.54 Å². The summed E-state index contributed by atoms with van der Waals surface area (Å²) in [5.41, 5.74) is 0. The predicted molar refractivity (Wildman–Crippen MR) is 64.6 cm³/mol. The Labute approximate surface area is 106 Å². The SMILES string of the molecule is O=C(CCCC1NC1=O)NCCCCC1NC1=O. The fraction of sp³-hybridized carbons (Fsp3) is 0.750. The molecule has 0 saturated carbocycles. The monoisotopic (exact) mass is 253 g/mol. The van der Waals surface area contributed by atoms with E-state index in [0.29, 0.717) is 13.0 Å². The normalized spacial score (nSPS) is 24.2. The molecule has 3 N–H and O–H groups in total. The Kier molecular flexibility index (Phi) is 4.17. The summed E-state index contributed by atoms with van der Waals surface area (Å²) in [4.78, 5) is 32.7. The van der Waals surface area contributed by atoms with Crippen molar-refractivity contribution in [2.24, 2.45) is 0 Å². The van der Waals surface area contributed by atoms with Gasteiger partial charge in [0.1, 0.15) is 12.1 Å². The molecular weight excluding hydrogens is 234 g/mol.